The molecule has 0 amide bonds. The van der Waals surface area contributed by atoms with E-state index < -0.39 is 0 Å². The molecule has 0 bridgehead atoms. The second kappa shape index (κ2) is 7.02. The van der Waals surface area contributed by atoms with E-state index in [9.17, 15) is 0 Å². The summed E-state index contributed by atoms with van der Waals surface area (Å²) in [5.74, 6) is 1.34. The SMILES string of the molecule is CCCNC(Cc1cccnc1)C1CCCS1. The van der Waals surface area contributed by atoms with E-state index in [0.717, 1.165) is 18.2 Å². The van der Waals surface area contributed by atoms with Crippen LogP contribution >= 0.6 is 11.8 Å². The summed E-state index contributed by atoms with van der Waals surface area (Å²) in [6, 6.07) is 4.84. The van der Waals surface area contributed by atoms with Crippen molar-refractivity contribution in [3.63, 3.8) is 0 Å². The van der Waals surface area contributed by atoms with Gasteiger partial charge in [-0.05, 0) is 49.6 Å². The van der Waals surface area contributed by atoms with Gasteiger partial charge in [-0.2, -0.15) is 11.8 Å². The van der Waals surface area contributed by atoms with Gasteiger partial charge in [0, 0.05) is 23.7 Å². The normalized spacial score (nSPS) is 21.6. The maximum absolute atomic E-state index is 4.21. The van der Waals surface area contributed by atoms with Crippen LogP contribution in [0.3, 0.4) is 0 Å². The highest BCUT2D eigenvalue weighted by molar-refractivity contribution is 8.00. The Kier molecular flexibility index (Phi) is 5.33. The van der Waals surface area contributed by atoms with Crippen molar-refractivity contribution < 1.29 is 0 Å². The lowest BCUT2D eigenvalue weighted by Crippen LogP contribution is -2.39. The second-order valence-corrected chi connectivity index (χ2v) is 6.02. The van der Waals surface area contributed by atoms with Gasteiger partial charge in [0.2, 0.25) is 0 Å². The quantitative estimate of drug-likeness (QED) is 0.840. The van der Waals surface area contributed by atoms with Crippen molar-refractivity contribution in [2.75, 3.05) is 12.3 Å². The van der Waals surface area contributed by atoms with Crippen molar-refractivity contribution in [1.29, 1.82) is 0 Å². The molecule has 0 aliphatic carbocycles. The molecule has 1 N–H and O–H groups in total. The summed E-state index contributed by atoms with van der Waals surface area (Å²) >= 11 is 2.14. The minimum Gasteiger partial charge on any atom is -0.313 e. The molecule has 1 aromatic heterocycles. The van der Waals surface area contributed by atoms with Gasteiger partial charge in [-0.25, -0.2) is 0 Å². The lowest BCUT2D eigenvalue weighted by atomic mass is 10.0. The van der Waals surface area contributed by atoms with Crippen molar-refractivity contribution in [1.82, 2.24) is 10.3 Å². The molecule has 17 heavy (non-hydrogen) atoms. The van der Waals surface area contributed by atoms with Crippen LogP contribution in [0.2, 0.25) is 0 Å². The zero-order chi connectivity index (χ0) is 11.9. The monoisotopic (exact) mass is 250 g/mol. The van der Waals surface area contributed by atoms with Gasteiger partial charge in [0.25, 0.3) is 0 Å². The summed E-state index contributed by atoms with van der Waals surface area (Å²) in [5, 5.41) is 4.50. The molecule has 2 unspecified atom stereocenters. The van der Waals surface area contributed by atoms with Crippen LogP contribution in [0.5, 0.6) is 0 Å². The molecule has 3 heteroatoms. The standard InChI is InChI=1S/C14H22N2S/c1-2-7-16-13(14-6-4-9-17-14)10-12-5-3-8-15-11-12/h3,5,8,11,13-14,16H,2,4,6-7,9-10H2,1H3. The molecular weight excluding hydrogens is 228 g/mol. The van der Waals surface area contributed by atoms with Crippen molar-refractivity contribution >= 4 is 11.8 Å². The van der Waals surface area contributed by atoms with E-state index in [4.69, 9.17) is 0 Å². The van der Waals surface area contributed by atoms with E-state index in [-0.39, 0.29) is 0 Å². The Morgan fingerprint density at radius 3 is 3.18 bits per heavy atom. The van der Waals surface area contributed by atoms with E-state index >= 15 is 0 Å². The van der Waals surface area contributed by atoms with Crippen LogP contribution in [0.25, 0.3) is 0 Å². The summed E-state index contributed by atoms with van der Waals surface area (Å²) in [6.45, 7) is 3.36. The van der Waals surface area contributed by atoms with Gasteiger partial charge in [-0.1, -0.05) is 13.0 Å². The first-order valence-corrected chi connectivity index (χ1v) is 7.69. The maximum Gasteiger partial charge on any atom is 0.0300 e. The Morgan fingerprint density at radius 2 is 2.53 bits per heavy atom. The molecule has 1 aliphatic heterocycles. The Hall–Kier alpha value is -0.540. The van der Waals surface area contributed by atoms with Crippen LogP contribution in [0.1, 0.15) is 31.7 Å². The van der Waals surface area contributed by atoms with E-state index in [1.165, 1.54) is 30.6 Å². The molecule has 94 valence electrons. The van der Waals surface area contributed by atoms with Crippen LogP contribution in [-0.4, -0.2) is 28.6 Å². The van der Waals surface area contributed by atoms with Gasteiger partial charge in [0.1, 0.15) is 0 Å². The van der Waals surface area contributed by atoms with Crippen molar-refractivity contribution in [3.05, 3.63) is 30.1 Å². The summed E-state index contributed by atoms with van der Waals surface area (Å²) in [4.78, 5) is 4.21. The number of aromatic nitrogens is 1. The van der Waals surface area contributed by atoms with Gasteiger partial charge in [0.15, 0.2) is 0 Å². The summed E-state index contributed by atoms with van der Waals surface area (Å²) in [5.41, 5.74) is 1.36. The first-order valence-electron chi connectivity index (χ1n) is 6.64. The zero-order valence-corrected chi connectivity index (χ0v) is 11.4. The molecule has 2 rings (SSSR count). The molecule has 1 fully saturated rings. The first kappa shape index (κ1) is 12.9. The Balaban J connectivity index is 1.94. The molecule has 2 heterocycles. The number of rotatable bonds is 6. The highest BCUT2D eigenvalue weighted by Gasteiger charge is 2.25. The maximum atomic E-state index is 4.21. The number of nitrogens with one attached hydrogen (secondary N) is 1. The minimum absolute atomic E-state index is 0.617. The molecule has 1 aliphatic rings. The van der Waals surface area contributed by atoms with Gasteiger partial charge in [0.05, 0.1) is 0 Å². The van der Waals surface area contributed by atoms with Crippen LogP contribution in [0, 0.1) is 0 Å². The molecule has 1 aromatic rings. The van der Waals surface area contributed by atoms with Gasteiger partial charge in [-0.3, -0.25) is 4.98 Å². The zero-order valence-electron chi connectivity index (χ0n) is 10.6. The molecule has 0 saturated carbocycles. The second-order valence-electron chi connectivity index (χ2n) is 4.68. The fourth-order valence-electron chi connectivity index (χ4n) is 2.36. The van der Waals surface area contributed by atoms with E-state index in [1.807, 2.05) is 18.5 Å². The fourth-order valence-corrected chi connectivity index (χ4v) is 3.75. The van der Waals surface area contributed by atoms with Gasteiger partial charge >= 0.3 is 0 Å². The van der Waals surface area contributed by atoms with Crippen molar-refractivity contribution in [2.45, 2.75) is 43.9 Å². The number of hydrogen-bond acceptors (Lipinski definition) is 3. The lowest BCUT2D eigenvalue weighted by Gasteiger charge is -2.24. The molecule has 0 radical (unpaired) electrons. The topological polar surface area (TPSA) is 24.9 Å². The Morgan fingerprint density at radius 1 is 1.59 bits per heavy atom. The molecule has 2 atom stereocenters. The first-order chi connectivity index (χ1) is 8.40. The average molecular weight is 250 g/mol. The molecule has 0 aromatic carbocycles. The third-order valence-electron chi connectivity index (χ3n) is 3.25. The van der Waals surface area contributed by atoms with Crippen molar-refractivity contribution in [3.8, 4) is 0 Å². The van der Waals surface area contributed by atoms with Gasteiger partial charge < -0.3 is 5.32 Å². The van der Waals surface area contributed by atoms with Crippen LogP contribution in [0.15, 0.2) is 24.5 Å². The molecule has 1 saturated heterocycles. The minimum atomic E-state index is 0.617. The number of hydrogen-bond donors (Lipinski definition) is 1. The summed E-state index contributed by atoms with van der Waals surface area (Å²) in [6.07, 6.45) is 8.92. The highest BCUT2D eigenvalue weighted by atomic mass is 32.2. The Labute approximate surface area is 109 Å². The highest BCUT2D eigenvalue weighted by Crippen LogP contribution is 2.30. The summed E-state index contributed by atoms with van der Waals surface area (Å²) < 4.78 is 0. The Bertz CT molecular complexity index is 309. The number of thioether (sulfide) groups is 1. The van der Waals surface area contributed by atoms with E-state index in [1.54, 1.807) is 0 Å². The van der Waals surface area contributed by atoms with Crippen LogP contribution < -0.4 is 5.32 Å². The van der Waals surface area contributed by atoms with Gasteiger partial charge in [-0.15, -0.1) is 0 Å². The number of pyridine rings is 1. The molecule has 0 spiro atoms. The van der Waals surface area contributed by atoms with Crippen molar-refractivity contribution in [2.24, 2.45) is 0 Å². The largest absolute Gasteiger partial charge is 0.313 e. The van der Waals surface area contributed by atoms with E-state index in [2.05, 4.69) is 35.1 Å². The summed E-state index contributed by atoms with van der Waals surface area (Å²) in [7, 11) is 0. The predicted octanol–water partition coefficient (Wildman–Crippen LogP) is 2.89. The van der Waals surface area contributed by atoms with Crippen LogP contribution in [-0.2, 0) is 6.42 Å². The third-order valence-corrected chi connectivity index (χ3v) is 4.77. The lowest BCUT2D eigenvalue weighted by molar-refractivity contribution is 0.481. The molecule has 2 nitrogen and oxygen atoms in total. The molecular formula is C14H22N2S. The predicted molar refractivity (Wildman–Crippen MR) is 75.5 cm³/mol. The fraction of sp³-hybridized carbons (Fsp3) is 0.643. The third kappa shape index (κ3) is 4.00. The smallest absolute Gasteiger partial charge is 0.0300 e. The average Bonchev–Trinajstić information content (AvgIpc) is 2.89. The number of nitrogens with zero attached hydrogens (tertiary/aromatic N) is 1. The van der Waals surface area contributed by atoms with Crippen LogP contribution in [0.4, 0.5) is 0 Å². The van der Waals surface area contributed by atoms with E-state index in [0.29, 0.717) is 6.04 Å².